The van der Waals surface area contributed by atoms with Gasteiger partial charge in [-0.25, -0.2) is 0 Å². The molecule has 0 saturated heterocycles. The monoisotopic (exact) mass is 202 g/mol. The third-order valence-corrected chi connectivity index (χ3v) is 3.39. The van der Waals surface area contributed by atoms with Crippen LogP contribution in [0.4, 0.5) is 0 Å². The molecule has 0 saturated carbocycles. The molecule has 3 nitrogen and oxygen atoms in total. The highest BCUT2D eigenvalue weighted by Gasteiger charge is 2.09. The van der Waals surface area contributed by atoms with E-state index in [0.717, 1.165) is 13.0 Å². The summed E-state index contributed by atoms with van der Waals surface area (Å²) in [6.45, 7) is 4.72. The highest BCUT2D eigenvalue weighted by molar-refractivity contribution is 7.84. The van der Waals surface area contributed by atoms with Crippen LogP contribution in [0, 0.1) is 11.3 Å². The second-order valence-corrected chi connectivity index (χ2v) is 4.99. The molecule has 0 fully saturated rings. The van der Waals surface area contributed by atoms with Crippen LogP contribution in [-0.4, -0.2) is 28.3 Å². The summed E-state index contributed by atoms with van der Waals surface area (Å²) in [5.74, 6) is 0. The standard InChI is InChI=1S/C9H18N2OS/c1-4-9(5-6-10)11-7-8(2)13(3)12/h8-9,11H,4-5,7H2,1-3H3. The lowest BCUT2D eigenvalue weighted by molar-refractivity contribution is 0.505. The van der Waals surface area contributed by atoms with Gasteiger partial charge < -0.3 is 5.32 Å². The van der Waals surface area contributed by atoms with Crippen LogP contribution in [0.1, 0.15) is 26.7 Å². The van der Waals surface area contributed by atoms with Crippen molar-refractivity contribution in [2.45, 2.75) is 38.0 Å². The van der Waals surface area contributed by atoms with Crippen molar-refractivity contribution in [3.8, 4) is 6.07 Å². The Kier molecular flexibility index (Phi) is 6.83. The van der Waals surface area contributed by atoms with Gasteiger partial charge in [-0.15, -0.1) is 0 Å². The minimum atomic E-state index is -0.778. The molecule has 0 aromatic rings. The van der Waals surface area contributed by atoms with Gasteiger partial charge in [-0.3, -0.25) is 4.21 Å². The molecular formula is C9H18N2OS. The smallest absolute Gasteiger partial charge is 0.0638 e. The highest BCUT2D eigenvalue weighted by Crippen LogP contribution is 1.97. The maximum absolute atomic E-state index is 11.0. The van der Waals surface area contributed by atoms with Gasteiger partial charge in [0.2, 0.25) is 0 Å². The van der Waals surface area contributed by atoms with Crippen LogP contribution in [0.5, 0.6) is 0 Å². The first-order chi connectivity index (χ1) is 6.11. The van der Waals surface area contributed by atoms with Crippen molar-refractivity contribution in [2.24, 2.45) is 0 Å². The summed E-state index contributed by atoms with van der Waals surface area (Å²) in [5.41, 5.74) is 0. The Morgan fingerprint density at radius 2 is 2.23 bits per heavy atom. The molecule has 0 spiro atoms. The summed E-state index contributed by atoms with van der Waals surface area (Å²) in [6, 6.07) is 2.38. The van der Waals surface area contributed by atoms with E-state index in [-0.39, 0.29) is 11.3 Å². The van der Waals surface area contributed by atoms with Crippen LogP contribution < -0.4 is 5.32 Å². The fourth-order valence-corrected chi connectivity index (χ4v) is 1.25. The van der Waals surface area contributed by atoms with Crippen molar-refractivity contribution in [3.63, 3.8) is 0 Å². The van der Waals surface area contributed by atoms with Crippen LogP contribution in [0.3, 0.4) is 0 Å². The Bertz CT molecular complexity index is 200. The first kappa shape index (κ1) is 12.6. The highest BCUT2D eigenvalue weighted by atomic mass is 32.2. The largest absolute Gasteiger partial charge is 0.312 e. The molecular weight excluding hydrogens is 184 g/mol. The SMILES string of the molecule is CCC(CC#N)NCC(C)S(C)=O. The molecule has 0 rings (SSSR count). The molecule has 0 radical (unpaired) electrons. The third kappa shape index (κ3) is 5.78. The van der Waals surface area contributed by atoms with Gasteiger partial charge in [0, 0.05) is 34.9 Å². The average Bonchev–Trinajstić information content (AvgIpc) is 2.11. The van der Waals surface area contributed by atoms with Crippen LogP contribution in [0.15, 0.2) is 0 Å². The second-order valence-electron chi connectivity index (χ2n) is 3.18. The number of nitrogens with one attached hydrogen (secondary N) is 1. The number of hydrogen-bond donors (Lipinski definition) is 1. The minimum absolute atomic E-state index is 0.160. The van der Waals surface area contributed by atoms with Gasteiger partial charge in [-0.2, -0.15) is 5.26 Å². The molecule has 0 aromatic heterocycles. The van der Waals surface area contributed by atoms with Crippen molar-refractivity contribution in [1.82, 2.24) is 5.32 Å². The van der Waals surface area contributed by atoms with Crippen LogP contribution in [0.2, 0.25) is 0 Å². The number of hydrogen-bond acceptors (Lipinski definition) is 3. The zero-order valence-corrected chi connectivity index (χ0v) is 9.36. The van der Waals surface area contributed by atoms with Gasteiger partial charge in [-0.1, -0.05) is 6.92 Å². The molecule has 13 heavy (non-hydrogen) atoms. The fraction of sp³-hybridized carbons (Fsp3) is 0.889. The van der Waals surface area contributed by atoms with E-state index in [0.29, 0.717) is 6.42 Å². The molecule has 0 heterocycles. The van der Waals surface area contributed by atoms with Crippen LogP contribution in [-0.2, 0) is 10.8 Å². The quantitative estimate of drug-likeness (QED) is 0.700. The minimum Gasteiger partial charge on any atom is -0.312 e. The molecule has 1 N–H and O–H groups in total. The lowest BCUT2D eigenvalue weighted by Gasteiger charge is -2.16. The summed E-state index contributed by atoms with van der Waals surface area (Å²) in [4.78, 5) is 0. The molecule has 0 bridgehead atoms. The van der Waals surface area contributed by atoms with Crippen molar-refractivity contribution in [2.75, 3.05) is 12.8 Å². The predicted molar refractivity (Wildman–Crippen MR) is 55.8 cm³/mol. The topological polar surface area (TPSA) is 52.9 Å². The molecule has 0 aliphatic heterocycles. The molecule has 4 heteroatoms. The van der Waals surface area contributed by atoms with Crippen molar-refractivity contribution in [3.05, 3.63) is 0 Å². The molecule has 0 aromatic carbocycles. The van der Waals surface area contributed by atoms with Gasteiger partial charge in [0.25, 0.3) is 0 Å². The van der Waals surface area contributed by atoms with E-state index in [1.54, 1.807) is 6.26 Å². The van der Waals surface area contributed by atoms with E-state index in [1.165, 1.54) is 0 Å². The predicted octanol–water partition coefficient (Wildman–Crippen LogP) is 1.04. The summed E-state index contributed by atoms with van der Waals surface area (Å²) >= 11 is 0. The van der Waals surface area contributed by atoms with Gasteiger partial charge in [-0.05, 0) is 13.3 Å². The first-order valence-electron chi connectivity index (χ1n) is 4.54. The van der Waals surface area contributed by atoms with Gasteiger partial charge in [0.15, 0.2) is 0 Å². The molecule has 0 aliphatic rings. The summed E-state index contributed by atoms with van der Waals surface area (Å²) in [7, 11) is -0.778. The Morgan fingerprint density at radius 1 is 1.62 bits per heavy atom. The van der Waals surface area contributed by atoms with Crippen molar-refractivity contribution < 1.29 is 4.21 Å². The maximum atomic E-state index is 11.0. The van der Waals surface area contributed by atoms with E-state index >= 15 is 0 Å². The van der Waals surface area contributed by atoms with Crippen LogP contribution in [0.25, 0.3) is 0 Å². The lowest BCUT2D eigenvalue weighted by Crippen LogP contribution is -2.35. The Hall–Kier alpha value is -0.400. The van der Waals surface area contributed by atoms with E-state index in [4.69, 9.17) is 5.26 Å². The van der Waals surface area contributed by atoms with E-state index < -0.39 is 10.8 Å². The van der Waals surface area contributed by atoms with Gasteiger partial charge >= 0.3 is 0 Å². The fourth-order valence-electron chi connectivity index (χ4n) is 0.921. The van der Waals surface area contributed by atoms with E-state index in [1.807, 2.05) is 13.8 Å². The Balaban J connectivity index is 3.72. The molecule has 0 aliphatic carbocycles. The zero-order chi connectivity index (χ0) is 10.3. The second kappa shape index (κ2) is 7.05. The molecule has 76 valence electrons. The maximum Gasteiger partial charge on any atom is 0.0638 e. The van der Waals surface area contributed by atoms with Crippen molar-refractivity contribution >= 4 is 10.8 Å². The third-order valence-electron chi connectivity index (χ3n) is 2.09. The van der Waals surface area contributed by atoms with Crippen molar-refractivity contribution in [1.29, 1.82) is 5.26 Å². The molecule has 3 unspecified atom stereocenters. The number of rotatable bonds is 6. The number of nitrogens with zero attached hydrogens (tertiary/aromatic N) is 1. The first-order valence-corrected chi connectivity index (χ1v) is 6.16. The Morgan fingerprint density at radius 3 is 2.62 bits per heavy atom. The summed E-state index contributed by atoms with van der Waals surface area (Å²) in [6.07, 6.45) is 3.17. The van der Waals surface area contributed by atoms with Crippen LogP contribution >= 0.6 is 0 Å². The molecule has 3 atom stereocenters. The van der Waals surface area contributed by atoms with Gasteiger partial charge in [0.05, 0.1) is 12.5 Å². The summed E-state index contributed by atoms with van der Waals surface area (Å²) < 4.78 is 11.0. The Labute approximate surface area is 83.0 Å². The van der Waals surface area contributed by atoms with E-state index in [2.05, 4.69) is 11.4 Å². The van der Waals surface area contributed by atoms with E-state index in [9.17, 15) is 4.21 Å². The summed E-state index contributed by atoms with van der Waals surface area (Å²) in [5, 5.41) is 11.9. The normalized spacial score (nSPS) is 17.4. The average molecular weight is 202 g/mol. The van der Waals surface area contributed by atoms with Gasteiger partial charge in [0.1, 0.15) is 0 Å². The lowest BCUT2D eigenvalue weighted by atomic mass is 10.1. The zero-order valence-electron chi connectivity index (χ0n) is 8.54. The molecule has 0 amide bonds. The number of nitriles is 1.